The molecule has 12 nitrogen and oxygen atoms in total. The molecule has 1 fully saturated rings. The number of likely N-dealkylation sites (N-methyl/N-ethyl adjacent to an activating group) is 1. The molecule has 1 aliphatic rings. The van der Waals surface area contributed by atoms with E-state index in [9.17, 15) is 18.7 Å². The number of H-pyrrole nitrogens is 1. The quantitative estimate of drug-likeness (QED) is 0.429. The highest BCUT2D eigenvalue weighted by atomic mass is 19.3. The van der Waals surface area contributed by atoms with Crippen LogP contribution in [0.2, 0.25) is 0 Å². The normalized spacial score (nSPS) is 21.8. The van der Waals surface area contributed by atoms with Crippen molar-refractivity contribution in [2.45, 2.75) is 31.3 Å². The molecule has 0 radical (unpaired) electrons. The van der Waals surface area contributed by atoms with Crippen LogP contribution in [0.1, 0.15) is 12.6 Å². The zero-order valence-electron chi connectivity index (χ0n) is 15.1. The maximum Gasteiger partial charge on any atom is 0.255 e. The van der Waals surface area contributed by atoms with Gasteiger partial charge in [0.25, 0.3) is 6.43 Å². The molecule has 1 aliphatic heterocycles. The SMILES string of the molecule is CNC(=O)[C@@H]1C[C@@H](O)[C@H](n2cnc3c(NCC(F)F)nc(-c4c[nH]nn4)nc32)O1. The molecule has 3 aromatic rings. The maximum atomic E-state index is 12.7. The second kappa shape index (κ2) is 7.63. The Labute approximate surface area is 161 Å². The summed E-state index contributed by atoms with van der Waals surface area (Å²) in [4.78, 5) is 24.6. The van der Waals surface area contributed by atoms with E-state index in [1.54, 1.807) is 0 Å². The second-order valence-electron chi connectivity index (χ2n) is 6.28. The largest absolute Gasteiger partial charge is 0.388 e. The number of aliphatic hydroxyl groups excluding tert-OH is 1. The van der Waals surface area contributed by atoms with E-state index in [-0.39, 0.29) is 40.8 Å². The van der Waals surface area contributed by atoms with Crippen molar-refractivity contribution in [3.63, 3.8) is 0 Å². The molecule has 3 atom stereocenters. The Hall–Kier alpha value is -3.26. The third-order valence-electron chi connectivity index (χ3n) is 4.39. The molecule has 154 valence electrons. The van der Waals surface area contributed by atoms with Crippen LogP contribution in [-0.4, -0.2) is 78.2 Å². The molecule has 29 heavy (non-hydrogen) atoms. The number of hydrogen-bond donors (Lipinski definition) is 4. The Morgan fingerprint density at radius 3 is 3.00 bits per heavy atom. The van der Waals surface area contributed by atoms with Crippen molar-refractivity contribution in [1.29, 1.82) is 0 Å². The Morgan fingerprint density at radius 1 is 1.48 bits per heavy atom. The van der Waals surface area contributed by atoms with Crippen LogP contribution in [0.3, 0.4) is 0 Å². The predicted octanol–water partition coefficient (Wildman–Crippen LogP) is -0.317. The van der Waals surface area contributed by atoms with Crippen molar-refractivity contribution >= 4 is 22.9 Å². The molecule has 1 saturated heterocycles. The molecule has 0 saturated carbocycles. The summed E-state index contributed by atoms with van der Waals surface area (Å²) in [5.74, 6) is -0.185. The number of aromatic amines is 1. The number of alkyl halides is 2. The van der Waals surface area contributed by atoms with Crippen LogP contribution in [0, 0.1) is 0 Å². The first-order chi connectivity index (χ1) is 14.0. The summed E-state index contributed by atoms with van der Waals surface area (Å²) in [6.45, 7) is -0.640. The summed E-state index contributed by atoms with van der Waals surface area (Å²) in [6, 6.07) is 0. The fourth-order valence-corrected chi connectivity index (χ4v) is 3.06. The summed E-state index contributed by atoms with van der Waals surface area (Å²) in [7, 11) is 1.47. The molecule has 3 aromatic heterocycles. The fraction of sp³-hybridized carbons (Fsp3) is 0.467. The molecule has 0 bridgehead atoms. The topological polar surface area (TPSA) is 156 Å². The Balaban J connectivity index is 1.77. The van der Waals surface area contributed by atoms with E-state index in [2.05, 4.69) is 41.0 Å². The highest BCUT2D eigenvalue weighted by molar-refractivity contribution is 5.85. The maximum absolute atomic E-state index is 12.7. The number of nitrogens with one attached hydrogen (secondary N) is 3. The number of carbonyl (C=O) groups excluding carboxylic acids is 1. The van der Waals surface area contributed by atoms with Crippen LogP contribution in [-0.2, 0) is 9.53 Å². The predicted molar refractivity (Wildman–Crippen MR) is 93.8 cm³/mol. The zero-order valence-corrected chi connectivity index (χ0v) is 15.1. The molecule has 0 unspecified atom stereocenters. The van der Waals surface area contributed by atoms with Crippen molar-refractivity contribution in [3.05, 3.63) is 12.5 Å². The number of ether oxygens (including phenoxy) is 1. The lowest BCUT2D eigenvalue weighted by Gasteiger charge is -2.17. The Morgan fingerprint density at radius 2 is 2.31 bits per heavy atom. The lowest BCUT2D eigenvalue weighted by atomic mass is 10.2. The first-order valence-electron chi connectivity index (χ1n) is 8.66. The zero-order chi connectivity index (χ0) is 20.5. The van der Waals surface area contributed by atoms with E-state index in [0.29, 0.717) is 0 Å². The first-order valence-corrected chi connectivity index (χ1v) is 8.66. The fourth-order valence-electron chi connectivity index (χ4n) is 3.06. The van der Waals surface area contributed by atoms with Gasteiger partial charge in [-0.1, -0.05) is 5.21 Å². The molecule has 14 heteroatoms. The van der Waals surface area contributed by atoms with Crippen molar-refractivity contribution in [1.82, 2.24) is 40.2 Å². The summed E-state index contributed by atoms with van der Waals surface area (Å²) >= 11 is 0. The Kier molecular flexibility index (Phi) is 5.02. The van der Waals surface area contributed by atoms with Gasteiger partial charge in [0.1, 0.15) is 17.9 Å². The number of fused-ring (bicyclic) bond motifs is 1. The summed E-state index contributed by atoms with van der Waals surface area (Å²) in [5.41, 5.74) is 0.712. The number of amides is 1. The third-order valence-corrected chi connectivity index (χ3v) is 4.39. The van der Waals surface area contributed by atoms with Gasteiger partial charge in [0.2, 0.25) is 5.91 Å². The highest BCUT2D eigenvalue weighted by Crippen LogP contribution is 2.33. The number of rotatable bonds is 6. The van der Waals surface area contributed by atoms with Crippen LogP contribution in [0.15, 0.2) is 12.5 Å². The van der Waals surface area contributed by atoms with Gasteiger partial charge in [-0.3, -0.25) is 14.5 Å². The molecule has 1 amide bonds. The molecular weight excluding hydrogens is 392 g/mol. The van der Waals surface area contributed by atoms with Gasteiger partial charge in [0, 0.05) is 13.5 Å². The van der Waals surface area contributed by atoms with Crippen LogP contribution in [0.4, 0.5) is 14.6 Å². The molecule has 0 spiro atoms. The average molecular weight is 409 g/mol. The van der Waals surface area contributed by atoms with Gasteiger partial charge < -0.3 is 20.5 Å². The van der Waals surface area contributed by atoms with Gasteiger partial charge in [0.15, 0.2) is 29.0 Å². The molecule has 4 heterocycles. The summed E-state index contributed by atoms with van der Waals surface area (Å²) in [6.07, 6.45) is -2.51. The minimum absolute atomic E-state index is 0.0717. The van der Waals surface area contributed by atoms with Gasteiger partial charge in [-0.15, -0.1) is 5.10 Å². The molecule has 4 rings (SSSR count). The van der Waals surface area contributed by atoms with Crippen molar-refractivity contribution < 1.29 is 23.4 Å². The minimum Gasteiger partial charge on any atom is -0.388 e. The lowest BCUT2D eigenvalue weighted by Crippen LogP contribution is -2.31. The van der Waals surface area contributed by atoms with Crippen molar-refractivity contribution in [2.24, 2.45) is 0 Å². The van der Waals surface area contributed by atoms with E-state index < -0.39 is 31.4 Å². The highest BCUT2D eigenvalue weighted by Gasteiger charge is 2.39. The first kappa shape index (κ1) is 19.1. The molecule has 0 aliphatic carbocycles. The number of aromatic nitrogens is 7. The minimum atomic E-state index is -2.61. The van der Waals surface area contributed by atoms with Gasteiger partial charge in [-0.05, 0) is 0 Å². The van der Waals surface area contributed by atoms with Crippen LogP contribution < -0.4 is 10.6 Å². The number of hydrogen-bond acceptors (Lipinski definition) is 9. The van der Waals surface area contributed by atoms with E-state index in [1.807, 2.05) is 0 Å². The number of anilines is 1. The smallest absolute Gasteiger partial charge is 0.255 e. The lowest BCUT2D eigenvalue weighted by molar-refractivity contribution is -0.134. The number of carbonyl (C=O) groups is 1. The van der Waals surface area contributed by atoms with Gasteiger partial charge in [-0.2, -0.15) is 0 Å². The summed E-state index contributed by atoms with van der Waals surface area (Å²) < 4.78 is 32.5. The number of imidazole rings is 1. The van der Waals surface area contributed by atoms with E-state index in [1.165, 1.54) is 24.1 Å². The number of nitrogens with zero attached hydrogens (tertiary/aromatic N) is 6. The standard InChI is InChI=1S/C15H17F2N9O3/c1-18-14(28)8-2-7(27)15(29-8)26-5-20-10-12(19-4-9(16)17)22-11(23-13(10)26)6-3-21-25-24-6/h3,5,7-9,15,27H,2,4H2,1H3,(H,18,28)(H,19,22,23)(H,21,24,25)/t7-,8+,15-/m1/s1. The number of aliphatic hydroxyl groups is 1. The van der Waals surface area contributed by atoms with Crippen LogP contribution in [0.25, 0.3) is 22.7 Å². The summed E-state index contributed by atoms with van der Waals surface area (Å²) in [5, 5.41) is 25.4. The van der Waals surface area contributed by atoms with Crippen molar-refractivity contribution in [2.75, 3.05) is 18.9 Å². The van der Waals surface area contributed by atoms with E-state index in [4.69, 9.17) is 4.74 Å². The van der Waals surface area contributed by atoms with E-state index in [0.717, 1.165) is 0 Å². The molecule has 0 aromatic carbocycles. The van der Waals surface area contributed by atoms with Crippen LogP contribution in [0.5, 0.6) is 0 Å². The van der Waals surface area contributed by atoms with E-state index >= 15 is 0 Å². The Bertz CT molecular complexity index is 1010. The van der Waals surface area contributed by atoms with Crippen LogP contribution >= 0.6 is 0 Å². The average Bonchev–Trinajstić information content (AvgIpc) is 3.44. The molecule has 4 N–H and O–H groups in total. The van der Waals surface area contributed by atoms with Gasteiger partial charge in [0.05, 0.1) is 19.1 Å². The van der Waals surface area contributed by atoms with Crippen molar-refractivity contribution in [3.8, 4) is 11.5 Å². The van der Waals surface area contributed by atoms with Gasteiger partial charge in [-0.25, -0.2) is 23.7 Å². The second-order valence-corrected chi connectivity index (χ2v) is 6.28. The monoisotopic (exact) mass is 409 g/mol. The number of halogens is 2. The van der Waals surface area contributed by atoms with Gasteiger partial charge >= 0.3 is 0 Å². The third kappa shape index (κ3) is 3.58. The molecular formula is C15H17F2N9O3.